The number of amides is 1. The van der Waals surface area contributed by atoms with Gasteiger partial charge < -0.3 is 5.32 Å². The Morgan fingerprint density at radius 3 is 2.30 bits per heavy atom. The Kier molecular flexibility index (Phi) is 6.15. The lowest BCUT2D eigenvalue weighted by Gasteiger charge is -2.18. The molecule has 3 heterocycles. The minimum Gasteiger partial charge on any atom is -0.310 e. The first-order valence-corrected chi connectivity index (χ1v) is 12.4. The second kappa shape index (κ2) is 9.52. The average Bonchev–Trinajstić information content (AvgIpc) is 3.60. The van der Waals surface area contributed by atoms with Crippen molar-refractivity contribution >= 4 is 34.4 Å². The fourth-order valence-electron chi connectivity index (χ4n) is 3.81. The SMILES string of the molecule is Cc1cc(NC(=O)CC(c2ccccc2)c2ccccc2)n(-c2nc(-c3cccs3)cs2)n1. The van der Waals surface area contributed by atoms with Crippen molar-refractivity contribution in [3.8, 4) is 15.7 Å². The van der Waals surface area contributed by atoms with Crippen molar-refractivity contribution < 1.29 is 4.79 Å². The van der Waals surface area contributed by atoms with Crippen LogP contribution in [0.2, 0.25) is 0 Å². The van der Waals surface area contributed by atoms with Gasteiger partial charge in [0, 0.05) is 23.8 Å². The van der Waals surface area contributed by atoms with Gasteiger partial charge in [0.05, 0.1) is 16.3 Å². The first kappa shape index (κ1) is 21.3. The van der Waals surface area contributed by atoms with Gasteiger partial charge in [-0.1, -0.05) is 66.7 Å². The molecule has 5 rings (SSSR count). The highest BCUT2D eigenvalue weighted by Crippen LogP contribution is 2.31. The molecule has 0 radical (unpaired) electrons. The molecule has 164 valence electrons. The van der Waals surface area contributed by atoms with E-state index in [1.54, 1.807) is 16.0 Å². The number of hydrogen-bond acceptors (Lipinski definition) is 5. The molecule has 1 amide bonds. The summed E-state index contributed by atoms with van der Waals surface area (Å²) in [4.78, 5) is 19.0. The van der Waals surface area contributed by atoms with Crippen LogP contribution in [-0.4, -0.2) is 20.7 Å². The number of carbonyl (C=O) groups excluding carboxylic acids is 1. The molecule has 1 N–H and O–H groups in total. The summed E-state index contributed by atoms with van der Waals surface area (Å²) in [5.74, 6) is 0.531. The van der Waals surface area contributed by atoms with E-state index in [1.165, 1.54) is 11.3 Å². The molecular weight excluding hydrogens is 448 g/mol. The third kappa shape index (κ3) is 4.79. The Morgan fingerprint density at radius 1 is 0.970 bits per heavy atom. The minimum absolute atomic E-state index is 0.0323. The predicted molar refractivity (Wildman–Crippen MR) is 135 cm³/mol. The van der Waals surface area contributed by atoms with Gasteiger partial charge in [0.15, 0.2) is 0 Å². The van der Waals surface area contributed by atoms with Crippen LogP contribution in [0.25, 0.3) is 15.7 Å². The maximum absolute atomic E-state index is 13.2. The van der Waals surface area contributed by atoms with E-state index in [2.05, 4.69) is 34.7 Å². The zero-order chi connectivity index (χ0) is 22.6. The van der Waals surface area contributed by atoms with Crippen LogP contribution in [0.5, 0.6) is 0 Å². The normalized spacial score (nSPS) is 11.1. The lowest BCUT2D eigenvalue weighted by Crippen LogP contribution is -2.18. The summed E-state index contributed by atoms with van der Waals surface area (Å²) in [6.45, 7) is 1.91. The first-order chi connectivity index (χ1) is 16.2. The summed E-state index contributed by atoms with van der Waals surface area (Å²) in [7, 11) is 0. The van der Waals surface area contributed by atoms with Crippen LogP contribution in [0.4, 0.5) is 5.82 Å². The number of benzene rings is 2. The number of thiazole rings is 1. The Morgan fingerprint density at radius 2 is 1.67 bits per heavy atom. The number of anilines is 1. The fourth-order valence-corrected chi connectivity index (χ4v) is 5.36. The first-order valence-electron chi connectivity index (χ1n) is 10.6. The van der Waals surface area contributed by atoms with Crippen molar-refractivity contribution in [3.05, 3.63) is 106 Å². The van der Waals surface area contributed by atoms with Crippen molar-refractivity contribution in [2.45, 2.75) is 19.3 Å². The summed E-state index contributed by atoms with van der Waals surface area (Å²) in [5, 5.41) is 12.4. The minimum atomic E-state index is -0.0658. The third-order valence-electron chi connectivity index (χ3n) is 5.34. The highest BCUT2D eigenvalue weighted by molar-refractivity contribution is 7.15. The molecule has 0 atom stereocenters. The zero-order valence-electron chi connectivity index (χ0n) is 18.0. The van der Waals surface area contributed by atoms with Crippen LogP contribution < -0.4 is 5.32 Å². The van der Waals surface area contributed by atoms with Gasteiger partial charge in [-0.3, -0.25) is 4.79 Å². The van der Waals surface area contributed by atoms with Crippen molar-refractivity contribution in [2.24, 2.45) is 0 Å². The molecule has 5 aromatic rings. The molecule has 0 spiro atoms. The monoisotopic (exact) mass is 470 g/mol. The molecule has 0 saturated carbocycles. The van der Waals surface area contributed by atoms with E-state index < -0.39 is 0 Å². The van der Waals surface area contributed by atoms with E-state index in [4.69, 9.17) is 4.98 Å². The van der Waals surface area contributed by atoms with E-state index in [9.17, 15) is 4.79 Å². The molecule has 5 nitrogen and oxygen atoms in total. The predicted octanol–water partition coefficient (Wildman–Crippen LogP) is 6.53. The number of hydrogen-bond donors (Lipinski definition) is 1. The number of aromatic nitrogens is 3. The maximum atomic E-state index is 13.2. The standard InChI is InChI=1S/C26H22N4OS2/c1-18-15-24(30(29-18)26-27-22(17-33-26)23-13-8-14-32-23)28-25(31)16-21(19-9-4-2-5-10-19)20-11-6-3-7-12-20/h2-15,17,21H,16H2,1H3,(H,28,31). The lowest BCUT2D eigenvalue weighted by atomic mass is 9.88. The molecule has 3 aromatic heterocycles. The average molecular weight is 471 g/mol. The lowest BCUT2D eigenvalue weighted by molar-refractivity contribution is -0.116. The summed E-state index contributed by atoms with van der Waals surface area (Å²) < 4.78 is 1.72. The zero-order valence-corrected chi connectivity index (χ0v) is 19.6. The largest absolute Gasteiger partial charge is 0.310 e. The number of carbonyl (C=O) groups is 1. The molecule has 0 aliphatic heterocycles. The molecule has 33 heavy (non-hydrogen) atoms. The highest BCUT2D eigenvalue weighted by Gasteiger charge is 2.20. The van der Waals surface area contributed by atoms with Gasteiger partial charge >= 0.3 is 0 Å². The molecule has 7 heteroatoms. The van der Waals surface area contributed by atoms with Gasteiger partial charge in [0.2, 0.25) is 11.0 Å². The molecule has 0 saturated heterocycles. The van der Waals surface area contributed by atoms with Crippen molar-refractivity contribution in [1.82, 2.24) is 14.8 Å². The second-order valence-corrected chi connectivity index (χ2v) is 9.49. The summed E-state index contributed by atoms with van der Waals surface area (Å²) in [6, 6.07) is 26.2. The Labute approximate surface area is 200 Å². The Balaban J connectivity index is 1.39. The van der Waals surface area contributed by atoms with Crippen LogP contribution in [0.15, 0.2) is 89.6 Å². The Bertz CT molecular complexity index is 1300. The second-order valence-electron chi connectivity index (χ2n) is 7.70. The van der Waals surface area contributed by atoms with Crippen molar-refractivity contribution in [3.63, 3.8) is 0 Å². The number of nitrogens with one attached hydrogen (secondary N) is 1. The summed E-state index contributed by atoms with van der Waals surface area (Å²) in [5.41, 5.74) is 3.97. The van der Waals surface area contributed by atoms with E-state index in [-0.39, 0.29) is 11.8 Å². The van der Waals surface area contributed by atoms with E-state index in [0.717, 1.165) is 32.5 Å². The highest BCUT2D eigenvalue weighted by atomic mass is 32.1. The quantitative estimate of drug-likeness (QED) is 0.294. The van der Waals surface area contributed by atoms with Gasteiger partial charge in [-0.25, -0.2) is 4.98 Å². The number of aryl methyl sites for hydroxylation is 1. The fraction of sp³-hybridized carbons (Fsp3) is 0.115. The Hall–Kier alpha value is -3.55. The van der Waals surface area contributed by atoms with E-state index >= 15 is 0 Å². The summed E-state index contributed by atoms with van der Waals surface area (Å²) in [6.07, 6.45) is 0.330. The maximum Gasteiger partial charge on any atom is 0.226 e. The molecule has 0 fully saturated rings. The topological polar surface area (TPSA) is 59.8 Å². The number of rotatable bonds is 7. The van der Waals surface area contributed by atoms with Gasteiger partial charge in [-0.05, 0) is 29.5 Å². The number of nitrogens with zero attached hydrogens (tertiary/aromatic N) is 3. The molecule has 0 unspecified atom stereocenters. The third-order valence-corrected chi connectivity index (χ3v) is 7.05. The van der Waals surface area contributed by atoms with Crippen LogP contribution in [0, 0.1) is 6.92 Å². The van der Waals surface area contributed by atoms with Gasteiger partial charge in [-0.2, -0.15) is 9.78 Å². The molecule has 2 aromatic carbocycles. The molecule has 0 aliphatic rings. The molecule has 0 bridgehead atoms. The van der Waals surface area contributed by atoms with Gasteiger partial charge in [0.1, 0.15) is 5.82 Å². The number of thiophene rings is 1. The van der Waals surface area contributed by atoms with Crippen LogP contribution in [-0.2, 0) is 4.79 Å². The van der Waals surface area contributed by atoms with Crippen LogP contribution in [0.3, 0.4) is 0 Å². The van der Waals surface area contributed by atoms with Crippen LogP contribution >= 0.6 is 22.7 Å². The van der Waals surface area contributed by atoms with E-state index in [0.29, 0.717) is 12.2 Å². The van der Waals surface area contributed by atoms with Gasteiger partial charge in [0.25, 0.3) is 0 Å². The van der Waals surface area contributed by atoms with E-state index in [1.807, 2.05) is 72.3 Å². The molecule has 0 aliphatic carbocycles. The smallest absolute Gasteiger partial charge is 0.226 e. The van der Waals surface area contributed by atoms with Gasteiger partial charge in [-0.15, -0.1) is 22.7 Å². The van der Waals surface area contributed by atoms with Crippen molar-refractivity contribution in [2.75, 3.05) is 5.32 Å². The van der Waals surface area contributed by atoms with Crippen LogP contribution in [0.1, 0.15) is 29.2 Å². The molecular formula is C26H22N4OS2. The summed E-state index contributed by atoms with van der Waals surface area (Å²) >= 11 is 3.16. The van der Waals surface area contributed by atoms with Crippen molar-refractivity contribution in [1.29, 1.82) is 0 Å².